The number of aliphatic hydroxyl groups excluding tert-OH is 3. The predicted molar refractivity (Wildman–Crippen MR) is 222 cm³/mol. The summed E-state index contributed by atoms with van der Waals surface area (Å²) in [5.74, 6) is -0.156. The lowest BCUT2D eigenvalue weighted by Gasteiger charge is -2.26. The largest absolute Gasteiger partial charge is 0.394 e. The third-order valence-corrected chi connectivity index (χ3v) is 10.5. The second-order valence-corrected chi connectivity index (χ2v) is 15.6. The van der Waals surface area contributed by atoms with Crippen LogP contribution in [0.15, 0.2) is 24.3 Å². The van der Waals surface area contributed by atoms with Crippen molar-refractivity contribution in [1.29, 1.82) is 0 Å². The van der Waals surface area contributed by atoms with E-state index < -0.39 is 18.2 Å². The van der Waals surface area contributed by atoms with Gasteiger partial charge >= 0.3 is 0 Å². The number of unbranched alkanes of at least 4 members (excludes halogenated alkanes) is 29. The third kappa shape index (κ3) is 37.0. The van der Waals surface area contributed by atoms with Crippen LogP contribution in [0, 0.1) is 0 Å². The third-order valence-electron chi connectivity index (χ3n) is 10.5. The Labute approximate surface area is 318 Å². The highest BCUT2D eigenvalue weighted by atomic mass is 16.3. The fraction of sp³-hybridized carbons (Fsp3) is 0.891. The van der Waals surface area contributed by atoms with E-state index in [9.17, 15) is 20.1 Å². The van der Waals surface area contributed by atoms with Crippen LogP contribution >= 0.6 is 0 Å². The molecule has 51 heavy (non-hydrogen) atoms. The van der Waals surface area contributed by atoms with Crippen LogP contribution in [-0.2, 0) is 4.79 Å². The Morgan fingerprint density at radius 2 is 0.784 bits per heavy atom. The van der Waals surface area contributed by atoms with Gasteiger partial charge in [0.25, 0.3) is 0 Å². The van der Waals surface area contributed by atoms with E-state index in [1.165, 1.54) is 173 Å². The zero-order valence-corrected chi connectivity index (χ0v) is 34.2. The molecule has 0 saturated carbocycles. The van der Waals surface area contributed by atoms with Gasteiger partial charge in [-0.3, -0.25) is 4.79 Å². The molecule has 0 aliphatic carbocycles. The summed E-state index contributed by atoms with van der Waals surface area (Å²) >= 11 is 0. The second kappa shape index (κ2) is 41.6. The Bertz CT molecular complexity index is 754. The van der Waals surface area contributed by atoms with Crippen molar-refractivity contribution in [3.05, 3.63) is 24.3 Å². The predicted octanol–water partition coefficient (Wildman–Crippen LogP) is 13.0. The van der Waals surface area contributed by atoms with Crippen LogP contribution in [0.25, 0.3) is 0 Å². The molecule has 0 aromatic heterocycles. The Kier molecular flexibility index (Phi) is 40.6. The van der Waals surface area contributed by atoms with Crippen LogP contribution in [0.5, 0.6) is 0 Å². The number of carbonyl (C=O) groups excluding carboxylic acids is 1. The Hall–Kier alpha value is -1.17. The molecule has 5 heteroatoms. The highest BCUT2D eigenvalue weighted by molar-refractivity contribution is 5.76. The van der Waals surface area contributed by atoms with E-state index in [0.29, 0.717) is 12.8 Å². The van der Waals surface area contributed by atoms with Crippen molar-refractivity contribution in [2.45, 2.75) is 257 Å². The summed E-state index contributed by atoms with van der Waals surface area (Å²) in [6.07, 6.45) is 50.1. The van der Waals surface area contributed by atoms with Crippen LogP contribution in [0.1, 0.15) is 239 Å². The average molecular weight is 720 g/mol. The van der Waals surface area contributed by atoms with Crippen LogP contribution in [-0.4, -0.2) is 46.1 Å². The zero-order valence-electron chi connectivity index (χ0n) is 34.2. The highest BCUT2D eigenvalue weighted by Gasteiger charge is 2.26. The molecular formula is C46H89NO4. The maximum absolute atomic E-state index is 12.4. The Morgan fingerprint density at radius 3 is 1.14 bits per heavy atom. The minimum absolute atomic E-state index is 0.156. The molecule has 3 atom stereocenters. The van der Waals surface area contributed by atoms with E-state index in [-0.39, 0.29) is 12.5 Å². The first kappa shape index (κ1) is 49.8. The molecule has 0 rings (SSSR count). The molecule has 0 aliphatic heterocycles. The summed E-state index contributed by atoms with van der Waals surface area (Å²) in [4.78, 5) is 12.4. The molecule has 0 bridgehead atoms. The minimum atomic E-state index is -1.16. The van der Waals surface area contributed by atoms with E-state index in [4.69, 9.17) is 0 Å². The fourth-order valence-corrected chi connectivity index (χ4v) is 6.98. The maximum atomic E-state index is 12.4. The Morgan fingerprint density at radius 1 is 0.471 bits per heavy atom. The topological polar surface area (TPSA) is 89.8 Å². The van der Waals surface area contributed by atoms with Crippen molar-refractivity contribution in [1.82, 2.24) is 5.32 Å². The van der Waals surface area contributed by atoms with Crippen molar-refractivity contribution in [2.24, 2.45) is 0 Å². The van der Waals surface area contributed by atoms with Crippen molar-refractivity contribution < 1.29 is 20.1 Å². The van der Waals surface area contributed by atoms with Gasteiger partial charge in [0.05, 0.1) is 18.8 Å². The van der Waals surface area contributed by atoms with Crippen molar-refractivity contribution in [3.63, 3.8) is 0 Å². The van der Waals surface area contributed by atoms with Gasteiger partial charge in [0.15, 0.2) is 0 Å². The monoisotopic (exact) mass is 720 g/mol. The van der Waals surface area contributed by atoms with Crippen LogP contribution in [0.4, 0.5) is 0 Å². The number of rotatable bonds is 41. The molecule has 0 saturated heterocycles. The number of carbonyl (C=O) groups is 1. The van der Waals surface area contributed by atoms with E-state index in [1.54, 1.807) is 0 Å². The average Bonchev–Trinajstić information content (AvgIpc) is 3.13. The molecule has 0 fully saturated rings. The van der Waals surface area contributed by atoms with Crippen molar-refractivity contribution in [3.8, 4) is 0 Å². The normalized spacial score (nSPS) is 13.7. The van der Waals surface area contributed by atoms with Gasteiger partial charge in [-0.15, -0.1) is 0 Å². The first-order chi connectivity index (χ1) is 25.1. The van der Waals surface area contributed by atoms with Gasteiger partial charge in [0.1, 0.15) is 6.10 Å². The maximum Gasteiger partial charge on any atom is 0.220 e. The quantitative estimate of drug-likeness (QED) is 0.0374. The number of aliphatic hydroxyl groups is 3. The standard InChI is InChI=1S/C46H89NO4/c1-3-5-7-9-11-13-15-17-18-19-20-21-22-23-24-25-26-27-28-29-31-33-35-37-39-41-45(50)47-43(42-48)46(51)44(49)40-38-36-34-32-30-16-14-12-10-8-6-4-2/h23-24,32,34,43-44,46,48-49,51H,3-22,25-31,33,35-42H2,1-2H3,(H,47,50)/b24-23-,34-32+. The molecule has 4 N–H and O–H groups in total. The van der Waals surface area contributed by atoms with E-state index in [2.05, 4.69) is 43.5 Å². The summed E-state index contributed by atoms with van der Waals surface area (Å²) in [6.45, 7) is 4.16. The number of amides is 1. The molecule has 302 valence electrons. The second-order valence-electron chi connectivity index (χ2n) is 15.6. The SMILES string of the molecule is CCCCCCCCC/C=C/CCCC(O)C(O)C(CO)NC(=O)CCCCCCCCCCC/C=C\CCCCCCCCCCCCCC. The zero-order chi connectivity index (χ0) is 37.3. The molecule has 3 unspecified atom stereocenters. The lowest BCUT2D eigenvalue weighted by atomic mass is 10.0. The molecule has 5 nitrogen and oxygen atoms in total. The van der Waals surface area contributed by atoms with Crippen molar-refractivity contribution >= 4 is 5.91 Å². The summed E-state index contributed by atoms with van der Waals surface area (Å²) in [5.41, 5.74) is 0. The van der Waals surface area contributed by atoms with Gasteiger partial charge in [0.2, 0.25) is 5.91 Å². The van der Waals surface area contributed by atoms with Gasteiger partial charge in [-0.2, -0.15) is 0 Å². The summed E-state index contributed by atoms with van der Waals surface area (Å²) in [6, 6.07) is -0.824. The van der Waals surface area contributed by atoms with Crippen LogP contribution < -0.4 is 5.32 Å². The molecule has 0 heterocycles. The first-order valence-corrected chi connectivity index (χ1v) is 22.6. The first-order valence-electron chi connectivity index (χ1n) is 22.6. The molecule has 0 spiro atoms. The van der Waals surface area contributed by atoms with E-state index >= 15 is 0 Å². The van der Waals surface area contributed by atoms with Gasteiger partial charge in [-0.05, 0) is 64.2 Å². The fourth-order valence-electron chi connectivity index (χ4n) is 6.98. The summed E-state index contributed by atoms with van der Waals surface area (Å²) in [5, 5.41) is 33.4. The molecular weight excluding hydrogens is 631 g/mol. The van der Waals surface area contributed by atoms with Gasteiger partial charge in [-0.1, -0.05) is 192 Å². The lowest BCUT2D eigenvalue weighted by molar-refractivity contribution is -0.124. The molecule has 0 radical (unpaired) electrons. The molecule has 0 aromatic carbocycles. The smallest absolute Gasteiger partial charge is 0.220 e. The number of hydrogen-bond donors (Lipinski definition) is 4. The number of nitrogens with one attached hydrogen (secondary N) is 1. The van der Waals surface area contributed by atoms with Crippen molar-refractivity contribution in [2.75, 3.05) is 6.61 Å². The van der Waals surface area contributed by atoms with Gasteiger partial charge < -0.3 is 20.6 Å². The Balaban J connectivity index is 3.59. The van der Waals surface area contributed by atoms with E-state index in [0.717, 1.165) is 38.5 Å². The number of allylic oxidation sites excluding steroid dienone is 4. The minimum Gasteiger partial charge on any atom is -0.394 e. The lowest BCUT2D eigenvalue weighted by Crippen LogP contribution is -2.50. The summed E-state index contributed by atoms with van der Waals surface area (Å²) in [7, 11) is 0. The van der Waals surface area contributed by atoms with Crippen LogP contribution in [0.3, 0.4) is 0 Å². The van der Waals surface area contributed by atoms with Gasteiger partial charge in [0, 0.05) is 6.42 Å². The molecule has 0 aromatic rings. The molecule has 0 aliphatic rings. The number of hydrogen-bond acceptors (Lipinski definition) is 4. The van der Waals surface area contributed by atoms with E-state index in [1.807, 2.05) is 0 Å². The highest BCUT2D eigenvalue weighted by Crippen LogP contribution is 2.15. The van der Waals surface area contributed by atoms with Gasteiger partial charge in [-0.25, -0.2) is 0 Å². The van der Waals surface area contributed by atoms with Crippen LogP contribution in [0.2, 0.25) is 0 Å². The molecule has 1 amide bonds. The summed E-state index contributed by atoms with van der Waals surface area (Å²) < 4.78 is 0.